The van der Waals surface area contributed by atoms with Crippen molar-refractivity contribution in [2.75, 3.05) is 12.3 Å². The standard InChI is InChI=1S/C28H32N2O2S/c1-28(2,23-12-4-3-5-13-23)27(32)29-19-24(30-26(31)25-14-8-9-17-33-25)22-16-15-20-10-6-7-11-21(20)18-22/h3-7,10-13,15-16,18,24-25H,8-9,14,17,19H2,1-2H3,(H,29,32)(H,30,31). The molecule has 2 amide bonds. The van der Waals surface area contributed by atoms with Crippen LogP contribution in [-0.4, -0.2) is 29.4 Å². The van der Waals surface area contributed by atoms with E-state index in [1.165, 1.54) is 6.42 Å². The molecule has 1 saturated heterocycles. The number of amides is 2. The van der Waals surface area contributed by atoms with Crippen LogP contribution in [0.2, 0.25) is 0 Å². The molecule has 5 heteroatoms. The number of fused-ring (bicyclic) bond motifs is 1. The number of hydrogen-bond acceptors (Lipinski definition) is 3. The molecule has 3 aromatic carbocycles. The van der Waals surface area contributed by atoms with Gasteiger partial charge in [-0.25, -0.2) is 0 Å². The Kier molecular flexibility index (Phi) is 7.39. The van der Waals surface area contributed by atoms with Crippen molar-refractivity contribution < 1.29 is 9.59 Å². The highest BCUT2D eigenvalue weighted by molar-refractivity contribution is 8.00. The lowest BCUT2D eigenvalue weighted by Crippen LogP contribution is -2.46. The van der Waals surface area contributed by atoms with Gasteiger partial charge in [-0.2, -0.15) is 0 Å². The van der Waals surface area contributed by atoms with E-state index in [1.54, 1.807) is 11.8 Å². The van der Waals surface area contributed by atoms with Gasteiger partial charge in [0.05, 0.1) is 16.7 Å². The number of nitrogens with one attached hydrogen (secondary N) is 2. The molecule has 0 spiro atoms. The summed E-state index contributed by atoms with van der Waals surface area (Å²) in [7, 11) is 0. The minimum absolute atomic E-state index is 0.0156. The van der Waals surface area contributed by atoms with Gasteiger partial charge in [-0.15, -0.1) is 11.8 Å². The SMILES string of the molecule is CC(C)(C(=O)NCC(NC(=O)C1CCCCS1)c1ccc2ccccc2c1)c1ccccc1. The predicted octanol–water partition coefficient (Wildman–Crippen LogP) is 5.38. The van der Waals surface area contributed by atoms with Gasteiger partial charge in [0.25, 0.3) is 0 Å². The van der Waals surface area contributed by atoms with Crippen LogP contribution in [0.1, 0.15) is 50.3 Å². The normalized spacial score (nSPS) is 17.3. The van der Waals surface area contributed by atoms with Crippen LogP contribution in [0, 0.1) is 0 Å². The Morgan fingerprint density at radius 3 is 2.42 bits per heavy atom. The fraction of sp³-hybridized carbons (Fsp3) is 0.357. The van der Waals surface area contributed by atoms with E-state index < -0.39 is 5.41 Å². The smallest absolute Gasteiger partial charge is 0.233 e. The summed E-state index contributed by atoms with van der Waals surface area (Å²) < 4.78 is 0. The second-order valence-electron chi connectivity index (χ2n) is 9.22. The molecule has 4 rings (SSSR count). The molecule has 2 unspecified atom stereocenters. The number of benzene rings is 3. The molecule has 3 aromatic rings. The van der Waals surface area contributed by atoms with Gasteiger partial charge in [-0.3, -0.25) is 9.59 Å². The van der Waals surface area contributed by atoms with Crippen LogP contribution in [0.25, 0.3) is 10.8 Å². The maximum absolute atomic E-state index is 13.2. The van der Waals surface area contributed by atoms with Crippen LogP contribution in [0.5, 0.6) is 0 Å². The summed E-state index contributed by atoms with van der Waals surface area (Å²) in [5, 5.41) is 8.62. The van der Waals surface area contributed by atoms with Crippen LogP contribution in [0.4, 0.5) is 0 Å². The second kappa shape index (κ2) is 10.4. The molecule has 33 heavy (non-hydrogen) atoms. The van der Waals surface area contributed by atoms with Gasteiger partial charge in [0.1, 0.15) is 0 Å². The van der Waals surface area contributed by atoms with Gasteiger partial charge >= 0.3 is 0 Å². The molecule has 0 bridgehead atoms. The molecular weight excluding hydrogens is 428 g/mol. The zero-order valence-electron chi connectivity index (χ0n) is 19.3. The van der Waals surface area contributed by atoms with Crippen LogP contribution in [0.15, 0.2) is 72.8 Å². The summed E-state index contributed by atoms with van der Waals surface area (Å²) in [5.41, 5.74) is 1.30. The largest absolute Gasteiger partial charge is 0.353 e. The third-order valence-electron chi connectivity index (χ3n) is 6.49. The summed E-state index contributed by atoms with van der Waals surface area (Å²) in [6.45, 7) is 4.20. The van der Waals surface area contributed by atoms with Crippen molar-refractivity contribution in [2.24, 2.45) is 0 Å². The first-order chi connectivity index (χ1) is 15.9. The summed E-state index contributed by atoms with van der Waals surface area (Å²) in [4.78, 5) is 26.2. The highest BCUT2D eigenvalue weighted by Gasteiger charge is 2.31. The van der Waals surface area contributed by atoms with Crippen molar-refractivity contribution in [3.8, 4) is 0 Å². The van der Waals surface area contributed by atoms with E-state index in [1.807, 2.05) is 56.3 Å². The first-order valence-corrected chi connectivity index (χ1v) is 12.7. The van der Waals surface area contributed by atoms with E-state index in [0.717, 1.165) is 40.5 Å². The second-order valence-corrected chi connectivity index (χ2v) is 10.5. The average molecular weight is 461 g/mol. The number of rotatable bonds is 7. The van der Waals surface area contributed by atoms with Gasteiger partial charge < -0.3 is 10.6 Å². The van der Waals surface area contributed by atoms with Gasteiger partial charge in [0.2, 0.25) is 11.8 Å². The summed E-state index contributed by atoms with van der Waals surface area (Å²) in [5.74, 6) is 1.04. The fourth-order valence-corrected chi connectivity index (χ4v) is 5.50. The average Bonchev–Trinajstić information content (AvgIpc) is 2.87. The van der Waals surface area contributed by atoms with E-state index in [4.69, 9.17) is 0 Å². The van der Waals surface area contributed by atoms with Gasteiger partial charge in [0, 0.05) is 6.54 Å². The molecule has 2 atom stereocenters. The Labute approximate surface area is 200 Å². The van der Waals surface area contributed by atoms with Crippen LogP contribution in [0.3, 0.4) is 0 Å². The Hall–Kier alpha value is -2.79. The fourth-order valence-electron chi connectivity index (χ4n) is 4.29. The molecule has 1 aliphatic heterocycles. The molecule has 1 fully saturated rings. The quantitative estimate of drug-likeness (QED) is 0.498. The summed E-state index contributed by atoms with van der Waals surface area (Å²) >= 11 is 1.74. The predicted molar refractivity (Wildman–Crippen MR) is 137 cm³/mol. The maximum Gasteiger partial charge on any atom is 0.233 e. The van der Waals surface area contributed by atoms with E-state index in [9.17, 15) is 9.59 Å². The zero-order valence-corrected chi connectivity index (χ0v) is 20.2. The van der Waals surface area contributed by atoms with Gasteiger partial charge in [-0.05, 0) is 60.4 Å². The third kappa shape index (κ3) is 5.59. The van der Waals surface area contributed by atoms with Crippen molar-refractivity contribution in [1.29, 1.82) is 0 Å². The minimum Gasteiger partial charge on any atom is -0.353 e. The number of carbonyl (C=O) groups excluding carboxylic acids is 2. The molecule has 172 valence electrons. The Bertz CT molecular complexity index is 1110. The summed E-state index contributed by atoms with van der Waals surface area (Å²) in [6.07, 6.45) is 3.18. The van der Waals surface area contributed by atoms with Crippen molar-refractivity contribution in [1.82, 2.24) is 10.6 Å². The lowest BCUT2D eigenvalue weighted by molar-refractivity contribution is -0.126. The van der Waals surface area contributed by atoms with Crippen molar-refractivity contribution >= 4 is 34.3 Å². The third-order valence-corrected chi connectivity index (χ3v) is 7.87. The highest BCUT2D eigenvalue weighted by atomic mass is 32.2. The summed E-state index contributed by atoms with van der Waals surface area (Å²) in [6, 6.07) is 23.9. The van der Waals surface area contributed by atoms with Crippen molar-refractivity contribution in [2.45, 2.75) is 49.8 Å². The molecular formula is C28H32N2O2S. The molecule has 0 aromatic heterocycles. The lowest BCUT2D eigenvalue weighted by atomic mass is 9.83. The van der Waals surface area contributed by atoms with Crippen LogP contribution >= 0.6 is 11.8 Å². The first-order valence-electron chi connectivity index (χ1n) is 11.7. The molecule has 4 nitrogen and oxygen atoms in total. The number of carbonyl (C=O) groups is 2. The lowest BCUT2D eigenvalue weighted by Gasteiger charge is -2.28. The Balaban J connectivity index is 1.53. The molecule has 2 N–H and O–H groups in total. The van der Waals surface area contributed by atoms with Crippen LogP contribution < -0.4 is 10.6 Å². The number of hydrogen-bond donors (Lipinski definition) is 2. The maximum atomic E-state index is 13.2. The molecule has 0 saturated carbocycles. The monoisotopic (exact) mass is 460 g/mol. The van der Waals surface area contributed by atoms with Crippen LogP contribution in [-0.2, 0) is 15.0 Å². The number of thioether (sulfide) groups is 1. The zero-order chi connectivity index (χ0) is 23.3. The van der Waals surface area contributed by atoms with Crippen molar-refractivity contribution in [3.63, 3.8) is 0 Å². The first kappa shape index (κ1) is 23.4. The van der Waals surface area contributed by atoms with Gasteiger partial charge in [0.15, 0.2) is 0 Å². The minimum atomic E-state index is -0.668. The van der Waals surface area contributed by atoms with E-state index in [-0.39, 0.29) is 23.1 Å². The van der Waals surface area contributed by atoms with E-state index in [0.29, 0.717) is 6.54 Å². The molecule has 1 heterocycles. The Morgan fingerprint density at radius 1 is 0.970 bits per heavy atom. The molecule has 0 radical (unpaired) electrons. The Morgan fingerprint density at radius 2 is 1.70 bits per heavy atom. The van der Waals surface area contributed by atoms with E-state index in [2.05, 4.69) is 41.0 Å². The highest BCUT2D eigenvalue weighted by Crippen LogP contribution is 2.27. The van der Waals surface area contributed by atoms with Gasteiger partial charge in [-0.1, -0.05) is 73.2 Å². The molecule has 0 aliphatic carbocycles. The van der Waals surface area contributed by atoms with Crippen molar-refractivity contribution in [3.05, 3.63) is 83.9 Å². The van der Waals surface area contributed by atoms with E-state index >= 15 is 0 Å². The molecule has 1 aliphatic rings. The topological polar surface area (TPSA) is 58.2 Å².